The Morgan fingerprint density at radius 2 is 2.17 bits per heavy atom. The molecule has 2 heterocycles. The second-order valence-electron chi connectivity index (χ2n) is 7.07. The zero-order valence-electron chi connectivity index (χ0n) is 17.8. The van der Waals surface area contributed by atoms with Crippen LogP contribution in [-0.4, -0.2) is 57.4 Å². The summed E-state index contributed by atoms with van der Waals surface area (Å²) in [7, 11) is 3.31. The van der Waals surface area contributed by atoms with E-state index in [0.29, 0.717) is 18.9 Å². The van der Waals surface area contributed by atoms with Crippen molar-refractivity contribution in [3.05, 3.63) is 47.9 Å². The van der Waals surface area contributed by atoms with E-state index < -0.39 is 0 Å². The Morgan fingerprint density at radius 3 is 2.90 bits per heavy atom. The van der Waals surface area contributed by atoms with Crippen molar-refractivity contribution in [3.63, 3.8) is 0 Å². The molecule has 2 aromatic rings. The number of halogens is 1. The first-order chi connectivity index (χ1) is 14.6. The fraction of sp³-hybridized carbons (Fsp3) is 0.455. The highest BCUT2D eigenvalue weighted by atomic mass is 19.1. The molecule has 0 amide bonds. The molecule has 0 saturated carbocycles. The molecule has 1 aliphatic heterocycles. The molecule has 1 aromatic heterocycles. The molecular weight excluding hydrogens is 385 g/mol. The maximum Gasteiger partial charge on any atom is 0.191 e. The van der Waals surface area contributed by atoms with Crippen LogP contribution in [0.3, 0.4) is 0 Å². The molecule has 0 spiro atoms. The van der Waals surface area contributed by atoms with E-state index >= 15 is 0 Å². The van der Waals surface area contributed by atoms with Gasteiger partial charge in [0, 0.05) is 38.4 Å². The summed E-state index contributed by atoms with van der Waals surface area (Å²) in [5, 5.41) is 6.75. The first kappa shape index (κ1) is 21.7. The molecule has 30 heavy (non-hydrogen) atoms. The van der Waals surface area contributed by atoms with Crippen LogP contribution in [0.15, 0.2) is 41.5 Å². The zero-order valence-corrected chi connectivity index (χ0v) is 17.8. The van der Waals surface area contributed by atoms with Gasteiger partial charge >= 0.3 is 0 Å². The lowest BCUT2D eigenvalue weighted by atomic mass is 10.1. The summed E-state index contributed by atoms with van der Waals surface area (Å²) in [5.74, 6) is 2.51. The lowest BCUT2D eigenvalue weighted by molar-refractivity contribution is 0.399. The first-order valence-electron chi connectivity index (χ1n) is 10.3. The van der Waals surface area contributed by atoms with Crippen molar-refractivity contribution < 1.29 is 13.9 Å². The van der Waals surface area contributed by atoms with Gasteiger partial charge in [-0.05, 0) is 55.7 Å². The summed E-state index contributed by atoms with van der Waals surface area (Å²) < 4.78 is 24.8. The average molecular weight is 416 g/mol. The number of aromatic nitrogens is 1. The van der Waals surface area contributed by atoms with Crippen LogP contribution >= 0.6 is 0 Å². The van der Waals surface area contributed by atoms with Crippen molar-refractivity contribution in [3.8, 4) is 11.5 Å². The van der Waals surface area contributed by atoms with Gasteiger partial charge in [0.1, 0.15) is 11.5 Å². The third-order valence-electron chi connectivity index (χ3n) is 5.05. The molecule has 1 aliphatic rings. The number of pyridine rings is 1. The molecule has 162 valence electrons. The van der Waals surface area contributed by atoms with Gasteiger partial charge < -0.3 is 25.0 Å². The molecule has 1 unspecified atom stereocenters. The van der Waals surface area contributed by atoms with Crippen LogP contribution in [0.25, 0.3) is 0 Å². The molecule has 1 saturated heterocycles. The summed E-state index contributed by atoms with van der Waals surface area (Å²) in [4.78, 5) is 10.9. The third-order valence-corrected chi connectivity index (χ3v) is 5.05. The highest BCUT2D eigenvalue weighted by Gasteiger charge is 2.25. The van der Waals surface area contributed by atoms with Gasteiger partial charge in [-0.3, -0.25) is 4.99 Å². The molecule has 2 N–H and O–H groups in total. The summed E-state index contributed by atoms with van der Waals surface area (Å²) in [6.07, 6.45) is 3.24. The number of hydrogen-bond acceptors (Lipinski definition) is 5. The fourth-order valence-corrected chi connectivity index (χ4v) is 3.56. The summed E-state index contributed by atoms with van der Waals surface area (Å²) in [6.45, 7) is 4.84. The molecule has 3 rings (SSSR count). The SMILES string of the molecule is CCNC(=NCCc1cc(OC)ccc1OC)NC1CCN(c2ncccc2F)C1. The summed E-state index contributed by atoms with van der Waals surface area (Å²) in [6, 6.07) is 9.00. The first-order valence-corrected chi connectivity index (χ1v) is 10.3. The smallest absolute Gasteiger partial charge is 0.191 e. The lowest BCUT2D eigenvalue weighted by Gasteiger charge is -2.20. The number of hydrogen-bond donors (Lipinski definition) is 2. The number of aliphatic imine (C=N–C) groups is 1. The standard InChI is InChI=1S/C22H30FN5O2/c1-4-24-22(26-12-9-16-14-18(29-2)7-8-20(16)30-3)27-17-10-13-28(15-17)21-19(23)6-5-11-25-21/h5-8,11,14,17H,4,9-10,12-13,15H2,1-3H3,(H2,24,26,27). The van der Waals surface area contributed by atoms with Gasteiger partial charge in [0.2, 0.25) is 0 Å². The number of nitrogens with one attached hydrogen (secondary N) is 2. The predicted molar refractivity (Wildman–Crippen MR) is 117 cm³/mol. The number of methoxy groups -OCH3 is 2. The van der Waals surface area contributed by atoms with Crippen LogP contribution in [0.4, 0.5) is 10.2 Å². The van der Waals surface area contributed by atoms with E-state index in [2.05, 4.69) is 15.6 Å². The van der Waals surface area contributed by atoms with E-state index in [1.54, 1.807) is 26.5 Å². The number of nitrogens with zero attached hydrogens (tertiary/aromatic N) is 3. The van der Waals surface area contributed by atoms with Crippen LogP contribution < -0.4 is 25.0 Å². The van der Waals surface area contributed by atoms with Gasteiger partial charge in [-0.2, -0.15) is 0 Å². The van der Waals surface area contributed by atoms with Crippen LogP contribution in [0.2, 0.25) is 0 Å². The minimum Gasteiger partial charge on any atom is -0.497 e. The fourth-order valence-electron chi connectivity index (χ4n) is 3.56. The molecule has 1 aromatic carbocycles. The topological polar surface area (TPSA) is 71.0 Å². The highest BCUT2D eigenvalue weighted by Crippen LogP contribution is 2.24. The molecule has 0 radical (unpaired) electrons. The van der Waals surface area contributed by atoms with Gasteiger partial charge in [0.15, 0.2) is 17.6 Å². The minimum absolute atomic E-state index is 0.176. The third kappa shape index (κ3) is 5.52. The Morgan fingerprint density at radius 1 is 1.30 bits per heavy atom. The van der Waals surface area contributed by atoms with Crippen molar-refractivity contribution in [2.24, 2.45) is 4.99 Å². The molecule has 0 aliphatic carbocycles. The van der Waals surface area contributed by atoms with Crippen molar-refractivity contribution in [1.82, 2.24) is 15.6 Å². The van der Waals surface area contributed by atoms with Crippen molar-refractivity contribution in [2.75, 3.05) is 45.3 Å². The Labute approximate surface area is 177 Å². The number of rotatable bonds is 8. The largest absolute Gasteiger partial charge is 0.497 e. The summed E-state index contributed by atoms with van der Waals surface area (Å²) >= 11 is 0. The van der Waals surface area contributed by atoms with E-state index in [0.717, 1.165) is 49.0 Å². The van der Waals surface area contributed by atoms with E-state index in [4.69, 9.17) is 14.5 Å². The van der Waals surface area contributed by atoms with Crippen LogP contribution in [0, 0.1) is 5.82 Å². The minimum atomic E-state index is -0.286. The number of ether oxygens (including phenoxy) is 2. The Kier molecular flexibility index (Phi) is 7.70. The van der Waals surface area contributed by atoms with Crippen LogP contribution in [0.1, 0.15) is 18.9 Å². The van der Waals surface area contributed by atoms with Crippen molar-refractivity contribution in [2.45, 2.75) is 25.8 Å². The maximum absolute atomic E-state index is 14.0. The predicted octanol–water partition coefficient (Wildman–Crippen LogP) is 2.61. The van der Waals surface area contributed by atoms with Gasteiger partial charge in [-0.1, -0.05) is 0 Å². The van der Waals surface area contributed by atoms with E-state index in [9.17, 15) is 4.39 Å². The quantitative estimate of drug-likeness (QED) is 0.510. The van der Waals surface area contributed by atoms with Crippen LogP contribution in [-0.2, 0) is 6.42 Å². The zero-order chi connectivity index (χ0) is 21.3. The molecule has 0 bridgehead atoms. The molecular formula is C22H30FN5O2. The Hall–Kier alpha value is -3.03. The van der Waals surface area contributed by atoms with Crippen molar-refractivity contribution in [1.29, 1.82) is 0 Å². The summed E-state index contributed by atoms with van der Waals surface area (Å²) in [5.41, 5.74) is 1.05. The normalized spacial score (nSPS) is 16.5. The maximum atomic E-state index is 14.0. The monoisotopic (exact) mass is 415 g/mol. The van der Waals surface area contributed by atoms with Gasteiger partial charge in [-0.25, -0.2) is 9.37 Å². The number of benzene rings is 1. The highest BCUT2D eigenvalue weighted by molar-refractivity contribution is 5.80. The Balaban J connectivity index is 1.60. The van der Waals surface area contributed by atoms with Crippen LogP contribution in [0.5, 0.6) is 11.5 Å². The van der Waals surface area contributed by atoms with Gasteiger partial charge in [0.05, 0.1) is 14.2 Å². The average Bonchev–Trinajstić information content (AvgIpc) is 3.22. The second kappa shape index (κ2) is 10.7. The van der Waals surface area contributed by atoms with Gasteiger partial charge in [0.25, 0.3) is 0 Å². The molecule has 1 atom stereocenters. The molecule has 1 fully saturated rings. The van der Waals surface area contributed by atoms with Crippen molar-refractivity contribution >= 4 is 11.8 Å². The number of anilines is 1. The lowest BCUT2D eigenvalue weighted by Crippen LogP contribution is -2.44. The number of guanidine groups is 1. The molecule has 7 nitrogen and oxygen atoms in total. The van der Waals surface area contributed by atoms with E-state index in [1.165, 1.54) is 6.07 Å². The van der Waals surface area contributed by atoms with E-state index in [-0.39, 0.29) is 11.9 Å². The molecule has 8 heteroatoms. The van der Waals surface area contributed by atoms with E-state index in [1.807, 2.05) is 30.0 Å². The van der Waals surface area contributed by atoms with Gasteiger partial charge in [-0.15, -0.1) is 0 Å². The Bertz CT molecular complexity index is 861. The second-order valence-corrected chi connectivity index (χ2v) is 7.07.